The van der Waals surface area contributed by atoms with Crippen molar-refractivity contribution in [3.05, 3.63) is 59.1 Å². The van der Waals surface area contributed by atoms with Crippen LogP contribution in [0.5, 0.6) is 0 Å². The first-order valence-corrected chi connectivity index (χ1v) is 9.33. The highest BCUT2D eigenvalue weighted by atomic mass is 35.5. The Balaban J connectivity index is 2.35. The van der Waals surface area contributed by atoms with Crippen LogP contribution in [0.2, 0.25) is 5.02 Å². The Hall–Kier alpha value is -2.19. The van der Waals surface area contributed by atoms with Gasteiger partial charge in [-0.2, -0.15) is 0 Å². The van der Waals surface area contributed by atoms with Crippen LogP contribution in [0.3, 0.4) is 0 Å². The molecule has 0 bridgehead atoms. The van der Waals surface area contributed by atoms with Gasteiger partial charge in [-0.05, 0) is 43.3 Å². The molecule has 0 saturated heterocycles. The molecule has 0 aliphatic heterocycles. The Labute approximate surface area is 149 Å². The van der Waals surface area contributed by atoms with Gasteiger partial charge in [0.05, 0.1) is 11.9 Å². The summed E-state index contributed by atoms with van der Waals surface area (Å²) in [5, 5.41) is 2.48. The monoisotopic (exact) mass is 388 g/mol. The number of hydrogen-bond donors (Lipinski definition) is 1. The fraction of sp³-hybridized carbons (Fsp3) is 0.188. The number of rotatable bonds is 5. The molecule has 0 aromatic heterocycles. The van der Waals surface area contributed by atoms with Gasteiger partial charge in [0.1, 0.15) is 23.4 Å². The maximum Gasteiger partial charge on any atom is 0.248 e. The van der Waals surface area contributed by atoms with E-state index in [1.807, 2.05) is 0 Å². The molecular weight excluding hydrogens is 374 g/mol. The molecule has 134 valence electrons. The summed E-state index contributed by atoms with van der Waals surface area (Å²) in [4.78, 5) is 12.4. The van der Waals surface area contributed by atoms with Gasteiger partial charge in [0.2, 0.25) is 15.9 Å². The first kappa shape index (κ1) is 19.1. The Morgan fingerprint density at radius 1 is 1.12 bits per heavy atom. The zero-order valence-corrected chi connectivity index (χ0v) is 14.9. The minimum atomic E-state index is -3.85. The van der Waals surface area contributed by atoms with E-state index in [1.165, 1.54) is 31.2 Å². The second kappa shape index (κ2) is 7.37. The van der Waals surface area contributed by atoms with Crippen LogP contribution in [0.1, 0.15) is 6.92 Å². The van der Waals surface area contributed by atoms with Crippen molar-refractivity contribution in [1.82, 2.24) is 0 Å². The number of nitrogens with one attached hydrogen (secondary N) is 1. The zero-order valence-electron chi connectivity index (χ0n) is 13.3. The third kappa shape index (κ3) is 4.46. The van der Waals surface area contributed by atoms with E-state index in [4.69, 9.17) is 11.6 Å². The molecule has 0 fully saturated rings. The maximum atomic E-state index is 13.7. The third-order valence-electron chi connectivity index (χ3n) is 3.38. The molecule has 2 aromatic carbocycles. The number of sulfonamides is 1. The highest BCUT2D eigenvalue weighted by Gasteiger charge is 2.30. The summed E-state index contributed by atoms with van der Waals surface area (Å²) in [5.74, 6) is -2.81. The number of nitrogens with zero attached hydrogens (tertiary/aromatic N) is 1. The van der Waals surface area contributed by atoms with Crippen LogP contribution in [0.15, 0.2) is 42.5 Å². The van der Waals surface area contributed by atoms with E-state index in [-0.39, 0.29) is 5.69 Å². The standard InChI is InChI=1S/C16H15ClF2N2O3S/c1-10(16(22)20-15-13(18)4-3-5-14(15)19)21(25(2,23)24)12-8-6-11(17)7-9-12/h3-10H,1-2H3,(H,20,22)/t10-/m0/s1. The first-order valence-electron chi connectivity index (χ1n) is 7.11. The number of carbonyl (C=O) groups excluding carboxylic acids is 1. The Kier molecular flexibility index (Phi) is 5.64. The molecule has 0 unspecified atom stereocenters. The molecule has 9 heteroatoms. The molecule has 0 aliphatic carbocycles. The van der Waals surface area contributed by atoms with Crippen LogP contribution >= 0.6 is 11.6 Å². The number of carbonyl (C=O) groups is 1. The van der Waals surface area contributed by atoms with Crippen LogP contribution in [0.4, 0.5) is 20.2 Å². The lowest BCUT2D eigenvalue weighted by atomic mass is 10.2. The number of amides is 1. The topological polar surface area (TPSA) is 66.5 Å². The predicted molar refractivity (Wildman–Crippen MR) is 93.2 cm³/mol. The third-order valence-corrected chi connectivity index (χ3v) is 4.87. The van der Waals surface area contributed by atoms with E-state index in [1.54, 1.807) is 0 Å². The molecule has 1 N–H and O–H groups in total. The van der Waals surface area contributed by atoms with Crippen LogP contribution in [0.25, 0.3) is 0 Å². The van der Waals surface area contributed by atoms with Crippen molar-refractivity contribution >= 4 is 38.9 Å². The number of hydrogen-bond acceptors (Lipinski definition) is 3. The van der Waals surface area contributed by atoms with Crippen LogP contribution in [-0.2, 0) is 14.8 Å². The predicted octanol–water partition coefficient (Wildman–Crippen LogP) is 3.41. The van der Waals surface area contributed by atoms with Gasteiger partial charge in [-0.3, -0.25) is 9.10 Å². The summed E-state index contributed by atoms with van der Waals surface area (Å²) in [6, 6.07) is 7.66. The summed E-state index contributed by atoms with van der Waals surface area (Å²) < 4.78 is 52.4. The van der Waals surface area contributed by atoms with Gasteiger partial charge < -0.3 is 5.32 Å². The highest BCUT2D eigenvalue weighted by molar-refractivity contribution is 7.92. The molecule has 0 saturated carbocycles. The average molecular weight is 389 g/mol. The maximum absolute atomic E-state index is 13.7. The van der Waals surface area contributed by atoms with Crippen LogP contribution in [0, 0.1) is 11.6 Å². The Morgan fingerprint density at radius 3 is 2.12 bits per heavy atom. The average Bonchev–Trinajstić information content (AvgIpc) is 2.51. The van der Waals surface area contributed by atoms with Gasteiger partial charge in [-0.15, -0.1) is 0 Å². The molecule has 25 heavy (non-hydrogen) atoms. The van der Waals surface area contributed by atoms with Gasteiger partial charge in [0.15, 0.2) is 0 Å². The molecule has 1 atom stereocenters. The van der Waals surface area contributed by atoms with Gasteiger partial charge in [-0.1, -0.05) is 17.7 Å². The fourth-order valence-electron chi connectivity index (χ4n) is 2.24. The quantitative estimate of drug-likeness (QED) is 0.853. The molecular formula is C16H15ClF2N2O3S. The normalized spacial score (nSPS) is 12.5. The van der Waals surface area contributed by atoms with Crippen LogP contribution < -0.4 is 9.62 Å². The summed E-state index contributed by atoms with van der Waals surface area (Å²) in [6.45, 7) is 1.31. The minimum absolute atomic E-state index is 0.198. The zero-order chi connectivity index (χ0) is 18.8. The minimum Gasteiger partial charge on any atom is -0.319 e. The second-order valence-corrected chi connectivity index (χ2v) is 7.59. The van der Waals surface area contributed by atoms with Crippen molar-refractivity contribution in [2.24, 2.45) is 0 Å². The lowest BCUT2D eigenvalue weighted by Gasteiger charge is -2.28. The molecule has 0 radical (unpaired) electrons. The van der Waals surface area contributed by atoms with E-state index in [0.717, 1.165) is 28.8 Å². The van der Waals surface area contributed by atoms with E-state index in [2.05, 4.69) is 5.32 Å². The molecule has 1 amide bonds. The van der Waals surface area contributed by atoms with Gasteiger partial charge in [0, 0.05) is 5.02 Å². The molecule has 5 nitrogen and oxygen atoms in total. The lowest BCUT2D eigenvalue weighted by molar-refractivity contribution is -0.116. The molecule has 2 aromatic rings. The highest BCUT2D eigenvalue weighted by Crippen LogP contribution is 2.24. The lowest BCUT2D eigenvalue weighted by Crippen LogP contribution is -2.45. The Bertz CT molecular complexity index is 869. The largest absolute Gasteiger partial charge is 0.319 e. The summed E-state index contributed by atoms with van der Waals surface area (Å²) in [6.07, 6.45) is 0.926. The number of halogens is 3. The van der Waals surface area contributed by atoms with Crippen molar-refractivity contribution in [2.45, 2.75) is 13.0 Å². The first-order chi connectivity index (χ1) is 11.6. The van der Waals surface area contributed by atoms with Gasteiger partial charge in [-0.25, -0.2) is 17.2 Å². The molecule has 2 rings (SSSR count). The second-order valence-electron chi connectivity index (χ2n) is 5.30. The van der Waals surface area contributed by atoms with E-state index >= 15 is 0 Å². The Morgan fingerprint density at radius 2 is 1.64 bits per heavy atom. The number of para-hydroxylation sites is 1. The smallest absolute Gasteiger partial charge is 0.248 e. The summed E-state index contributed by atoms with van der Waals surface area (Å²) >= 11 is 5.78. The van der Waals surface area contributed by atoms with Crippen LogP contribution in [-0.4, -0.2) is 26.6 Å². The van der Waals surface area contributed by atoms with Gasteiger partial charge in [0.25, 0.3) is 0 Å². The SMILES string of the molecule is C[C@@H](C(=O)Nc1c(F)cccc1F)N(c1ccc(Cl)cc1)S(C)(=O)=O. The summed E-state index contributed by atoms with van der Waals surface area (Å²) in [5.41, 5.74) is -0.438. The van der Waals surface area contributed by atoms with Crippen molar-refractivity contribution in [2.75, 3.05) is 15.9 Å². The van der Waals surface area contributed by atoms with Crippen molar-refractivity contribution in [1.29, 1.82) is 0 Å². The summed E-state index contributed by atoms with van der Waals surface area (Å²) in [7, 11) is -3.85. The van der Waals surface area contributed by atoms with E-state index in [9.17, 15) is 22.0 Å². The van der Waals surface area contributed by atoms with Crippen molar-refractivity contribution < 1.29 is 22.0 Å². The molecule has 0 aliphatic rings. The van der Waals surface area contributed by atoms with E-state index in [0.29, 0.717) is 5.02 Å². The van der Waals surface area contributed by atoms with Gasteiger partial charge >= 0.3 is 0 Å². The molecule has 0 spiro atoms. The van der Waals surface area contributed by atoms with Crippen molar-refractivity contribution in [3.8, 4) is 0 Å². The number of benzene rings is 2. The number of anilines is 2. The van der Waals surface area contributed by atoms with Crippen molar-refractivity contribution in [3.63, 3.8) is 0 Å². The van der Waals surface area contributed by atoms with E-state index < -0.39 is 39.3 Å². The molecule has 0 heterocycles. The fourth-order valence-corrected chi connectivity index (χ4v) is 3.54.